The Morgan fingerprint density at radius 3 is 1.50 bits per heavy atom. The Hall–Kier alpha value is -0.710. The van der Waals surface area contributed by atoms with Gasteiger partial charge in [-0.2, -0.15) is 0 Å². The van der Waals surface area contributed by atoms with Crippen LogP contribution in [0.4, 0.5) is 17.6 Å². The van der Waals surface area contributed by atoms with Crippen molar-refractivity contribution >= 4 is 11.8 Å². The minimum atomic E-state index is -1.29. The van der Waals surface area contributed by atoms with E-state index in [1.54, 1.807) is 0 Å². The van der Waals surface area contributed by atoms with Crippen LogP contribution in [-0.2, 0) is 0 Å². The van der Waals surface area contributed by atoms with Crippen LogP contribution in [0.25, 0.3) is 0 Å². The van der Waals surface area contributed by atoms with Crippen molar-refractivity contribution in [1.82, 2.24) is 0 Å². The molecule has 24 heavy (non-hydrogen) atoms. The lowest BCUT2D eigenvalue weighted by Crippen LogP contribution is -2.02. The van der Waals surface area contributed by atoms with E-state index in [0.717, 1.165) is 37.9 Å². The first-order chi connectivity index (χ1) is 11.5. The molecule has 0 bridgehead atoms. The molecule has 0 saturated carbocycles. The van der Waals surface area contributed by atoms with E-state index >= 15 is 0 Å². The number of benzene rings is 1. The number of hydrogen-bond acceptors (Lipinski definition) is 1. The highest BCUT2D eigenvalue weighted by Gasteiger charge is 2.22. The van der Waals surface area contributed by atoms with Crippen LogP contribution in [-0.4, -0.2) is 5.75 Å². The van der Waals surface area contributed by atoms with Gasteiger partial charge in [-0.25, -0.2) is 17.6 Å². The number of hydrogen-bond donors (Lipinski definition) is 0. The molecule has 0 unspecified atom stereocenters. The van der Waals surface area contributed by atoms with Crippen LogP contribution in [0.1, 0.15) is 76.7 Å². The molecular weight excluding hydrogens is 336 g/mol. The summed E-state index contributed by atoms with van der Waals surface area (Å²) < 4.78 is 54.3. The highest BCUT2D eigenvalue weighted by Crippen LogP contribution is 2.31. The molecule has 1 rings (SSSR count). The van der Waals surface area contributed by atoms with Gasteiger partial charge < -0.3 is 0 Å². The quantitative estimate of drug-likeness (QED) is 0.159. The van der Waals surface area contributed by atoms with Gasteiger partial charge in [-0.05, 0) is 19.1 Å². The SMILES string of the molecule is CCCCCCCCCCCCSc1c(F)c(F)c(C)c(F)c1F. The smallest absolute Gasteiger partial charge is 0.175 e. The molecule has 0 aromatic heterocycles. The minimum absolute atomic E-state index is 0.465. The van der Waals surface area contributed by atoms with Gasteiger partial charge in [-0.15, -0.1) is 11.8 Å². The molecule has 0 atom stereocenters. The summed E-state index contributed by atoms with van der Waals surface area (Å²) in [7, 11) is 0. The van der Waals surface area contributed by atoms with E-state index in [1.165, 1.54) is 44.9 Å². The Morgan fingerprint density at radius 1 is 0.625 bits per heavy atom. The summed E-state index contributed by atoms with van der Waals surface area (Å²) in [5, 5.41) is 0. The molecule has 0 nitrogen and oxygen atoms in total. The standard InChI is InChI=1S/C19H28F4S/c1-3-4-5-6-7-8-9-10-11-12-13-24-19-17(22)15(20)14(2)16(21)18(19)23/h3-13H2,1-2H3. The minimum Gasteiger partial charge on any atom is -0.203 e. The van der Waals surface area contributed by atoms with Crippen LogP contribution < -0.4 is 0 Å². The monoisotopic (exact) mass is 364 g/mol. The fraction of sp³-hybridized carbons (Fsp3) is 0.684. The first-order valence-corrected chi connectivity index (χ1v) is 9.94. The summed E-state index contributed by atoms with van der Waals surface area (Å²) >= 11 is 0.858. The molecule has 0 amide bonds. The second-order valence-corrected chi connectivity index (χ2v) is 7.35. The van der Waals surface area contributed by atoms with E-state index in [2.05, 4.69) is 6.92 Å². The molecule has 0 aliphatic heterocycles. The zero-order chi connectivity index (χ0) is 17.9. The molecule has 1 aromatic carbocycles. The van der Waals surface area contributed by atoms with Gasteiger partial charge in [0.05, 0.1) is 4.90 Å². The van der Waals surface area contributed by atoms with Crippen molar-refractivity contribution in [2.45, 2.75) is 83.0 Å². The Bertz CT molecular complexity index is 474. The number of halogens is 4. The van der Waals surface area contributed by atoms with Crippen molar-refractivity contribution in [1.29, 1.82) is 0 Å². The summed E-state index contributed by atoms with van der Waals surface area (Å²) in [6.07, 6.45) is 11.7. The van der Waals surface area contributed by atoms with Crippen LogP contribution in [0.15, 0.2) is 4.90 Å². The van der Waals surface area contributed by atoms with Crippen molar-refractivity contribution in [3.63, 3.8) is 0 Å². The molecule has 0 spiro atoms. The molecule has 0 radical (unpaired) electrons. The third-order valence-electron chi connectivity index (χ3n) is 4.19. The van der Waals surface area contributed by atoms with E-state index in [0.29, 0.717) is 5.75 Å². The van der Waals surface area contributed by atoms with Gasteiger partial charge in [0.15, 0.2) is 23.3 Å². The van der Waals surface area contributed by atoms with Gasteiger partial charge in [-0.1, -0.05) is 64.7 Å². The van der Waals surface area contributed by atoms with Crippen LogP contribution in [0.2, 0.25) is 0 Å². The van der Waals surface area contributed by atoms with Crippen molar-refractivity contribution in [2.75, 3.05) is 5.75 Å². The fourth-order valence-corrected chi connectivity index (χ4v) is 3.60. The molecule has 0 N–H and O–H groups in total. The topological polar surface area (TPSA) is 0 Å². The molecule has 0 aliphatic carbocycles. The van der Waals surface area contributed by atoms with Gasteiger partial charge in [0.25, 0.3) is 0 Å². The van der Waals surface area contributed by atoms with Crippen LogP contribution in [0, 0.1) is 30.2 Å². The Labute approximate surface area is 147 Å². The zero-order valence-corrected chi connectivity index (χ0v) is 15.5. The molecule has 0 heterocycles. The van der Waals surface area contributed by atoms with E-state index in [9.17, 15) is 17.6 Å². The second-order valence-electron chi connectivity index (χ2n) is 6.24. The zero-order valence-electron chi connectivity index (χ0n) is 14.7. The summed E-state index contributed by atoms with van der Waals surface area (Å²) in [4.78, 5) is -0.536. The van der Waals surface area contributed by atoms with Crippen LogP contribution in [0.5, 0.6) is 0 Å². The van der Waals surface area contributed by atoms with Gasteiger partial charge in [0.2, 0.25) is 0 Å². The van der Waals surface area contributed by atoms with Crippen LogP contribution >= 0.6 is 11.8 Å². The van der Waals surface area contributed by atoms with Crippen molar-refractivity contribution in [3.8, 4) is 0 Å². The summed E-state index contributed by atoms with van der Waals surface area (Å²) in [5.74, 6) is -4.67. The van der Waals surface area contributed by atoms with Gasteiger partial charge in [-0.3, -0.25) is 0 Å². The maximum atomic E-state index is 13.7. The van der Waals surface area contributed by atoms with Crippen molar-refractivity contribution in [2.24, 2.45) is 0 Å². The van der Waals surface area contributed by atoms with E-state index in [4.69, 9.17) is 0 Å². The Balaban J connectivity index is 2.20. The normalized spacial score (nSPS) is 11.2. The first-order valence-electron chi connectivity index (χ1n) is 8.96. The van der Waals surface area contributed by atoms with E-state index in [1.807, 2.05) is 0 Å². The lowest BCUT2D eigenvalue weighted by molar-refractivity contribution is 0.418. The number of unbranched alkanes of at least 4 members (excludes halogenated alkanes) is 9. The average molecular weight is 364 g/mol. The fourth-order valence-electron chi connectivity index (χ4n) is 2.61. The third kappa shape index (κ3) is 6.66. The lowest BCUT2D eigenvalue weighted by atomic mass is 10.1. The lowest BCUT2D eigenvalue weighted by Gasteiger charge is -2.09. The summed E-state index contributed by atoms with van der Waals surface area (Å²) in [5.41, 5.74) is -0.603. The molecule has 0 saturated heterocycles. The maximum absolute atomic E-state index is 13.7. The first kappa shape index (κ1) is 21.3. The predicted octanol–water partition coefficient (Wildman–Crippen LogP) is 7.56. The highest BCUT2D eigenvalue weighted by atomic mass is 32.2. The number of thioether (sulfide) groups is 1. The van der Waals surface area contributed by atoms with E-state index in [-0.39, 0.29) is 0 Å². The molecule has 1 aromatic rings. The predicted molar refractivity (Wildman–Crippen MR) is 93.6 cm³/mol. The van der Waals surface area contributed by atoms with Gasteiger partial charge in [0, 0.05) is 5.56 Å². The molecular formula is C19H28F4S. The number of rotatable bonds is 12. The van der Waals surface area contributed by atoms with Gasteiger partial charge >= 0.3 is 0 Å². The largest absolute Gasteiger partial charge is 0.203 e. The maximum Gasteiger partial charge on any atom is 0.175 e. The molecule has 0 aliphatic rings. The average Bonchev–Trinajstić information content (AvgIpc) is 2.58. The molecule has 5 heteroatoms. The van der Waals surface area contributed by atoms with Crippen molar-refractivity contribution in [3.05, 3.63) is 28.8 Å². The highest BCUT2D eigenvalue weighted by molar-refractivity contribution is 7.99. The van der Waals surface area contributed by atoms with Crippen molar-refractivity contribution < 1.29 is 17.6 Å². The van der Waals surface area contributed by atoms with Gasteiger partial charge in [0.1, 0.15) is 0 Å². The Kier molecular flexibility index (Phi) is 10.5. The Morgan fingerprint density at radius 2 is 1.04 bits per heavy atom. The molecule has 0 fully saturated rings. The molecule has 138 valence electrons. The summed E-state index contributed by atoms with van der Waals surface area (Å²) in [6.45, 7) is 3.24. The van der Waals surface area contributed by atoms with Crippen LogP contribution in [0.3, 0.4) is 0 Å². The summed E-state index contributed by atoms with van der Waals surface area (Å²) in [6, 6.07) is 0. The second kappa shape index (κ2) is 11.8. The van der Waals surface area contributed by atoms with E-state index < -0.39 is 33.7 Å². The third-order valence-corrected chi connectivity index (χ3v) is 5.33.